The van der Waals surface area contributed by atoms with Crippen LogP contribution in [-0.2, 0) is 28.8 Å². The Bertz CT molecular complexity index is 1240. The van der Waals surface area contributed by atoms with Crippen molar-refractivity contribution in [3.05, 3.63) is 33.9 Å². The molecule has 4 aliphatic carbocycles. The first kappa shape index (κ1) is 32.7. The molecule has 3 fully saturated rings. The van der Waals surface area contributed by atoms with Gasteiger partial charge >= 0.3 is 5.97 Å². The van der Waals surface area contributed by atoms with Crippen LogP contribution in [0.2, 0.25) is 0 Å². The molecule has 0 bridgehead atoms. The van der Waals surface area contributed by atoms with E-state index in [2.05, 4.69) is 10.2 Å². The van der Waals surface area contributed by atoms with Gasteiger partial charge in [-0.15, -0.1) is 10.1 Å². The lowest BCUT2D eigenvalue weighted by Gasteiger charge is -2.62. The van der Waals surface area contributed by atoms with Crippen molar-refractivity contribution in [2.45, 2.75) is 89.5 Å². The molecule has 0 radical (unpaired) electrons. The highest BCUT2D eigenvalue weighted by atomic mass is 19.1. The number of nitrogens with zero attached hydrogens (tertiary/aromatic N) is 1. The number of nitrogens with one attached hydrogen (secondary N) is 1. The van der Waals surface area contributed by atoms with Crippen LogP contribution in [0.15, 0.2) is 23.8 Å². The van der Waals surface area contributed by atoms with E-state index in [9.17, 15) is 39.5 Å². The van der Waals surface area contributed by atoms with Gasteiger partial charge in [-0.1, -0.05) is 31.9 Å². The van der Waals surface area contributed by atoms with Crippen molar-refractivity contribution in [2.75, 3.05) is 19.8 Å². The molecular weight excluding hydrogens is 567 g/mol. The van der Waals surface area contributed by atoms with Crippen molar-refractivity contribution in [2.24, 2.45) is 28.6 Å². The highest BCUT2D eigenvalue weighted by molar-refractivity contribution is 6.01. The third-order valence-electron chi connectivity index (χ3n) is 10.7. The quantitative estimate of drug-likeness (QED) is 0.129. The Morgan fingerprint density at radius 1 is 1.21 bits per heavy atom. The van der Waals surface area contributed by atoms with Gasteiger partial charge in [0.1, 0.15) is 12.1 Å². The summed E-state index contributed by atoms with van der Waals surface area (Å²) in [6.45, 7) is 3.80. The number of unbranched alkanes of at least 4 members (excludes halogenated alkanes) is 2. The van der Waals surface area contributed by atoms with E-state index in [0.717, 1.165) is 0 Å². The zero-order chi connectivity index (χ0) is 31.8. The number of esters is 1. The summed E-state index contributed by atoms with van der Waals surface area (Å²) in [5.74, 6) is -4.00. The summed E-state index contributed by atoms with van der Waals surface area (Å²) in [6.07, 6.45) is 5.21. The average Bonchev–Trinajstić information content (AvgIpc) is 3.14. The molecule has 43 heavy (non-hydrogen) atoms. The van der Waals surface area contributed by atoms with Crippen LogP contribution in [0.5, 0.6) is 0 Å². The topological polar surface area (TPSA) is 182 Å². The van der Waals surface area contributed by atoms with E-state index >= 15 is 4.39 Å². The fourth-order valence-electron chi connectivity index (χ4n) is 8.41. The van der Waals surface area contributed by atoms with Gasteiger partial charge in [-0.3, -0.25) is 19.2 Å². The van der Waals surface area contributed by atoms with Gasteiger partial charge in [-0.2, -0.15) is 0 Å². The number of amides is 1. The second kappa shape index (κ2) is 12.1. The van der Waals surface area contributed by atoms with Gasteiger partial charge in [0.05, 0.1) is 12.7 Å². The fourth-order valence-corrected chi connectivity index (χ4v) is 8.41. The van der Waals surface area contributed by atoms with E-state index in [1.807, 2.05) is 0 Å². The summed E-state index contributed by atoms with van der Waals surface area (Å²) in [7, 11) is 0. The molecule has 4 rings (SSSR count). The number of fused-ring (bicyclic) bond motifs is 5. The smallest absolute Gasteiger partial charge is 0.325 e. The fraction of sp³-hybridized carbons (Fsp3) is 0.733. The van der Waals surface area contributed by atoms with E-state index in [1.54, 1.807) is 26.8 Å². The predicted octanol–water partition coefficient (Wildman–Crippen LogP) is 2.33. The van der Waals surface area contributed by atoms with Crippen molar-refractivity contribution in [3.8, 4) is 0 Å². The minimum absolute atomic E-state index is 0.0643. The first-order valence-electron chi connectivity index (χ1n) is 14.9. The molecule has 0 unspecified atom stereocenters. The van der Waals surface area contributed by atoms with Crippen LogP contribution in [0.1, 0.15) is 72.1 Å². The van der Waals surface area contributed by atoms with Crippen molar-refractivity contribution >= 4 is 23.4 Å². The summed E-state index contributed by atoms with van der Waals surface area (Å²) in [5, 5.41) is 35.0. The third-order valence-corrected chi connectivity index (χ3v) is 10.7. The molecule has 13 heteroatoms. The number of Topliss-reactive ketones (excluding diaryl/α,β-unsaturated/α-hetero) is 1. The number of ether oxygens (including phenoxy) is 1. The number of carbonyl (C=O) groups excluding carboxylic acids is 4. The Morgan fingerprint density at radius 3 is 2.63 bits per heavy atom. The number of halogens is 1. The highest BCUT2D eigenvalue weighted by Gasteiger charge is 2.75. The number of alkyl halides is 1. The minimum atomic E-state index is -2.10. The first-order valence-corrected chi connectivity index (χ1v) is 14.9. The molecule has 0 saturated heterocycles. The molecule has 4 aliphatic rings. The number of carbonyl (C=O) groups is 4. The monoisotopic (exact) mass is 608 g/mol. The Hall–Kier alpha value is -3.19. The zero-order valence-corrected chi connectivity index (χ0v) is 24.8. The molecule has 0 spiro atoms. The second-order valence-electron chi connectivity index (χ2n) is 12.9. The van der Waals surface area contributed by atoms with Crippen molar-refractivity contribution in [3.63, 3.8) is 0 Å². The first-order chi connectivity index (χ1) is 20.1. The van der Waals surface area contributed by atoms with Crippen molar-refractivity contribution in [1.82, 2.24) is 5.32 Å². The van der Waals surface area contributed by atoms with Gasteiger partial charge in [0, 0.05) is 23.2 Å². The van der Waals surface area contributed by atoms with Crippen LogP contribution < -0.4 is 5.32 Å². The zero-order valence-electron chi connectivity index (χ0n) is 24.8. The highest BCUT2D eigenvalue weighted by Crippen LogP contribution is 2.70. The molecule has 8 atom stereocenters. The summed E-state index contributed by atoms with van der Waals surface area (Å²) in [6, 6.07) is 0. The molecular formula is C30H41FN2O10. The summed E-state index contributed by atoms with van der Waals surface area (Å²) in [4.78, 5) is 64.1. The Labute approximate surface area is 249 Å². The van der Waals surface area contributed by atoms with Crippen LogP contribution >= 0.6 is 0 Å². The summed E-state index contributed by atoms with van der Waals surface area (Å²) < 4.78 is 22.4. The number of ketones is 2. The molecule has 0 heterocycles. The minimum Gasteiger partial charge on any atom is -0.456 e. The average molecular weight is 609 g/mol. The number of hydrogen-bond donors (Lipinski definition) is 3. The van der Waals surface area contributed by atoms with Gasteiger partial charge in [-0.05, 0) is 69.4 Å². The lowest BCUT2D eigenvalue weighted by atomic mass is 9.44. The van der Waals surface area contributed by atoms with Crippen LogP contribution in [0.3, 0.4) is 0 Å². The molecule has 238 valence electrons. The van der Waals surface area contributed by atoms with Crippen molar-refractivity contribution < 1.29 is 48.4 Å². The molecule has 1 amide bonds. The van der Waals surface area contributed by atoms with Crippen LogP contribution in [-0.4, -0.2) is 75.9 Å². The molecule has 0 aromatic carbocycles. The lowest BCUT2D eigenvalue weighted by molar-refractivity contribution is -0.757. The van der Waals surface area contributed by atoms with Crippen LogP contribution in [0.25, 0.3) is 0 Å². The summed E-state index contributed by atoms with van der Waals surface area (Å²) in [5.41, 5.74) is -5.83. The maximum atomic E-state index is 17.3. The molecule has 12 nitrogen and oxygen atoms in total. The molecule has 0 aromatic heterocycles. The van der Waals surface area contributed by atoms with E-state index in [0.29, 0.717) is 44.1 Å². The predicted molar refractivity (Wildman–Crippen MR) is 148 cm³/mol. The SMILES string of the molecule is C[C@@H]1C[C@H]2[C@@H]3CCC4=CC(=O)C=C[C@]4(C)[C@@]3(F)[C@@H](O)C[C@]2(C)[C@@]1(O)C(=O)COC(=O)CNC(=O)CCCCCO[N+](=O)[O-]. The Balaban J connectivity index is 1.36. The number of aliphatic hydroxyl groups is 2. The van der Waals surface area contributed by atoms with Crippen LogP contribution in [0.4, 0.5) is 4.39 Å². The van der Waals surface area contributed by atoms with E-state index in [1.165, 1.54) is 12.2 Å². The van der Waals surface area contributed by atoms with Crippen LogP contribution in [0, 0.1) is 38.7 Å². The Kier molecular flexibility index (Phi) is 9.18. The Morgan fingerprint density at radius 2 is 1.93 bits per heavy atom. The third kappa shape index (κ3) is 5.50. The maximum Gasteiger partial charge on any atom is 0.325 e. The van der Waals surface area contributed by atoms with Gasteiger partial charge in [0.15, 0.2) is 18.1 Å². The molecule has 0 aromatic rings. The lowest BCUT2D eigenvalue weighted by Crippen LogP contribution is -2.69. The van der Waals surface area contributed by atoms with Gasteiger partial charge in [0.2, 0.25) is 11.7 Å². The normalized spacial score (nSPS) is 37.8. The number of rotatable bonds is 12. The van der Waals surface area contributed by atoms with Crippen molar-refractivity contribution in [1.29, 1.82) is 0 Å². The molecule has 0 aliphatic heterocycles. The largest absolute Gasteiger partial charge is 0.456 e. The standard InChI is InChI=1S/C30H41FN2O10/c1-18-13-22-21-9-8-19-14-20(34)10-11-27(19,2)29(21,31)23(35)15-28(22,3)30(18,39)24(36)17-42-26(38)16-32-25(37)7-5-4-6-12-43-33(40)41/h10-11,14,18,21-23,35,39H,4-9,12-13,15-17H2,1-3H3,(H,32,37)/t18-,21+,22+,23+,27+,28+,29+,30+/m1/s1. The number of hydrogen-bond acceptors (Lipinski definition) is 10. The van der Waals surface area contributed by atoms with E-state index < -0.39 is 81.9 Å². The number of allylic oxidation sites excluding steroid dienone is 4. The van der Waals surface area contributed by atoms with Gasteiger partial charge < -0.3 is 25.1 Å². The van der Waals surface area contributed by atoms with E-state index in [-0.39, 0.29) is 25.2 Å². The summed E-state index contributed by atoms with van der Waals surface area (Å²) >= 11 is 0. The van der Waals surface area contributed by atoms with E-state index in [4.69, 9.17) is 4.74 Å². The van der Waals surface area contributed by atoms with Gasteiger partial charge in [-0.25, -0.2) is 4.39 Å². The second-order valence-corrected chi connectivity index (χ2v) is 12.9. The van der Waals surface area contributed by atoms with Gasteiger partial charge in [0.25, 0.3) is 5.09 Å². The molecule has 3 N–H and O–H groups in total. The number of aliphatic hydroxyl groups excluding tert-OH is 1. The molecule has 3 saturated carbocycles. The maximum absolute atomic E-state index is 17.3.